The third-order valence-corrected chi connectivity index (χ3v) is 2.72. The molecule has 0 aliphatic rings. The summed E-state index contributed by atoms with van der Waals surface area (Å²) < 4.78 is 5.53. The summed E-state index contributed by atoms with van der Waals surface area (Å²) in [6, 6.07) is 3.21. The van der Waals surface area contributed by atoms with Gasteiger partial charge in [0.15, 0.2) is 5.58 Å². The van der Waals surface area contributed by atoms with Crippen molar-refractivity contribution in [2.24, 2.45) is 0 Å². The van der Waals surface area contributed by atoms with Crippen molar-refractivity contribution in [1.82, 2.24) is 5.16 Å². The number of rotatable bonds is 0. The van der Waals surface area contributed by atoms with Crippen molar-refractivity contribution in [1.29, 1.82) is 0 Å². The zero-order chi connectivity index (χ0) is 8.72. The van der Waals surface area contributed by atoms with Gasteiger partial charge in [0.25, 0.3) is 5.56 Å². The predicted octanol–water partition coefficient (Wildman–Crippen LogP) is 2.54. The predicted molar refractivity (Wildman–Crippen MR) is 49.5 cm³/mol. The molecule has 0 radical (unpaired) electrons. The van der Waals surface area contributed by atoms with E-state index in [-0.39, 0.29) is 5.56 Å². The minimum Gasteiger partial charge on any atom is -0.378 e. The fraction of sp³-hybridized carbons (Fsp3) is 0. The van der Waals surface area contributed by atoms with E-state index in [1.54, 1.807) is 12.1 Å². The van der Waals surface area contributed by atoms with Crippen LogP contribution in [0.2, 0.25) is 5.02 Å². The topological polar surface area (TPSA) is 46.0 Å². The van der Waals surface area contributed by atoms with E-state index in [0.29, 0.717) is 20.5 Å². The van der Waals surface area contributed by atoms with Gasteiger partial charge in [0.05, 0.1) is 10.4 Å². The first-order valence-corrected chi connectivity index (χ1v) is 4.32. The average molecular weight is 248 g/mol. The van der Waals surface area contributed by atoms with Crippen molar-refractivity contribution < 1.29 is 4.52 Å². The maximum Gasteiger partial charge on any atom is 0.287 e. The molecule has 0 fully saturated rings. The third kappa shape index (κ3) is 1.07. The second-order valence-corrected chi connectivity index (χ2v) is 3.56. The molecule has 0 saturated carbocycles. The highest BCUT2D eigenvalue weighted by Crippen LogP contribution is 2.26. The minimum atomic E-state index is -0.248. The molecule has 3 nitrogen and oxygen atoms in total. The van der Waals surface area contributed by atoms with Gasteiger partial charge in [0.1, 0.15) is 0 Å². The summed E-state index contributed by atoms with van der Waals surface area (Å²) in [7, 11) is 0. The van der Waals surface area contributed by atoms with E-state index in [1.807, 2.05) is 0 Å². The molecule has 0 spiro atoms. The van der Waals surface area contributed by atoms with Crippen molar-refractivity contribution >= 4 is 38.5 Å². The van der Waals surface area contributed by atoms with Crippen LogP contribution in [0, 0.1) is 0 Å². The van der Waals surface area contributed by atoms with E-state index in [2.05, 4.69) is 21.1 Å². The molecule has 1 aromatic carbocycles. The Morgan fingerprint density at radius 3 is 3.00 bits per heavy atom. The lowest BCUT2D eigenvalue weighted by Gasteiger charge is -1.91. The second kappa shape index (κ2) is 2.64. The summed E-state index contributed by atoms with van der Waals surface area (Å²) in [5.41, 5.74) is 0.218. The molecule has 5 heteroatoms. The van der Waals surface area contributed by atoms with E-state index in [0.717, 1.165) is 0 Å². The SMILES string of the molecule is O=c1[nH]oc2cc(Cl)c(Br)cc12. The Labute approximate surface area is 80.4 Å². The molecule has 0 atom stereocenters. The molecule has 0 aliphatic carbocycles. The number of benzene rings is 1. The molecule has 12 heavy (non-hydrogen) atoms. The highest BCUT2D eigenvalue weighted by molar-refractivity contribution is 9.10. The molecule has 1 aromatic heterocycles. The summed E-state index contributed by atoms with van der Waals surface area (Å²) in [6.07, 6.45) is 0. The van der Waals surface area contributed by atoms with Crippen LogP contribution in [-0.4, -0.2) is 5.16 Å². The van der Waals surface area contributed by atoms with E-state index >= 15 is 0 Å². The van der Waals surface area contributed by atoms with Crippen LogP contribution in [0.4, 0.5) is 0 Å². The second-order valence-electron chi connectivity index (χ2n) is 2.30. The van der Waals surface area contributed by atoms with Gasteiger partial charge in [-0.25, -0.2) is 0 Å². The van der Waals surface area contributed by atoms with Crippen molar-refractivity contribution in [2.45, 2.75) is 0 Å². The quantitative estimate of drug-likeness (QED) is 0.779. The van der Waals surface area contributed by atoms with Crippen molar-refractivity contribution in [3.8, 4) is 0 Å². The molecule has 0 saturated heterocycles. The van der Waals surface area contributed by atoms with Gasteiger partial charge in [-0.1, -0.05) is 11.6 Å². The number of aromatic nitrogens is 1. The molecule has 2 rings (SSSR count). The lowest BCUT2D eigenvalue weighted by atomic mass is 10.3. The summed E-state index contributed by atoms with van der Waals surface area (Å²) in [6.45, 7) is 0. The molecule has 0 unspecified atom stereocenters. The molecule has 0 bridgehead atoms. The van der Waals surface area contributed by atoms with Crippen LogP contribution in [0.3, 0.4) is 0 Å². The molecular formula is C7H3BrClNO2. The van der Waals surface area contributed by atoms with Crippen molar-refractivity contribution in [3.05, 3.63) is 32.0 Å². The number of nitrogens with one attached hydrogen (secondary N) is 1. The first kappa shape index (κ1) is 7.89. The number of hydrogen-bond acceptors (Lipinski definition) is 2. The standard InChI is InChI=1S/C7H3BrClNO2/c8-4-1-3-6(2-5(4)9)12-10-7(3)11/h1-2H,(H,10,11). The van der Waals surface area contributed by atoms with Crippen LogP contribution in [0.25, 0.3) is 11.0 Å². The first-order chi connectivity index (χ1) is 5.68. The highest BCUT2D eigenvalue weighted by atomic mass is 79.9. The van der Waals surface area contributed by atoms with Crippen LogP contribution in [0.1, 0.15) is 0 Å². The highest BCUT2D eigenvalue weighted by Gasteiger charge is 2.06. The van der Waals surface area contributed by atoms with Gasteiger partial charge >= 0.3 is 0 Å². The largest absolute Gasteiger partial charge is 0.378 e. The molecule has 1 heterocycles. The number of aromatic amines is 1. The van der Waals surface area contributed by atoms with Crippen LogP contribution in [0.15, 0.2) is 25.9 Å². The van der Waals surface area contributed by atoms with Gasteiger partial charge in [-0.05, 0) is 22.0 Å². The van der Waals surface area contributed by atoms with Gasteiger partial charge in [-0.3, -0.25) is 4.79 Å². The van der Waals surface area contributed by atoms with Crippen LogP contribution in [0.5, 0.6) is 0 Å². The smallest absolute Gasteiger partial charge is 0.287 e. The first-order valence-electron chi connectivity index (χ1n) is 3.15. The van der Waals surface area contributed by atoms with Gasteiger partial charge in [-0.2, -0.15) is 5.16 Å². The molecular weight excluding hydrogens is 245 g/mol. The monoisotopic (exact) mass is 247 g/mol. The van der Waals surface area contributed by atoms with Crippen LogP contribution in [-0.2, 0) is 0 Å². The zero-order valence-electron chi connectivity index (χ0n) is 5.73. The van der Waals surface area contributed by atoms with Gasteiger partial charge < -0.3 is 4.52 Å². The Kier molecular flexibility index (Phi) is 1.73. The molecule has 0 aliphatic heterocycles. The van der Waals surface area contributed by atoms with E-state index in [1.165, 1.54) is 0 Å². The number of fused-ring (bicyclic) bond motifs is 1. The maximum absolute atomic E-state index is 11.0. The third-order valence-electron chi connectivity index (χ3n) is 1.52. The Bertz CT molecular complexity index is 488. The lowest BCUT2D eigenvalue weighted by Crippen LogP contribution is -1.96. The molecule has 1 N–H and O–H groups in total. The summed E-state index contributed by atoms with van der Waals surface area (Å²) in [4.78, 5) is 11.0. The molecule has 2 aromatic rings. The van der Waals surface area contributed by atoms with Gasteiger partial charge in [0, 0.05) is 10.5 Å². The van der Waals surface area contributed by atoms with Gasteiger partial charge in [0.2, 0.25) is 0 Å². The summed E-state index contributed by atoms with van der Waals surface area (Å²) in [5, 5.41) is 3.23. The lowest BCUT2D eigenvalue weighted by molar-refractivity contribution is 0.449. The number of halogens is 2. The number of hydrogen-bond donors (Lipinski definition) is 1. The Morgan fingerprint density at radius 2 is 2.25 bits per heavy atom. The van der Waals surface area contributed by atoms with E-state index in [4.69, 9.17) is 16.1 Å². The normalized spacial score (nSPS) is 10.8. The van der Waals surface area contributed by atoms with Gasteiger partial charge in [-0.15, -0.1) is 0 Å². The van der Waals surface area contributed by atoms with Crippen LogP contribution < -0.4 is 5.56 Å². The van der Waals surface area contributed by atoms with Crippen molar-refractivity contribution in [2.75, 3.05) is 0 Å². The number of H-pyrrole nitrogens is 1. The Morgan fingerprint density at radius 1 is 1.50 bits per heavy atom. The van der Waals surface area contributed by atoms with E-state index in [9.17, 15) is 4.79 Å². The summed E-state index contributed by atoms with van der Waals surface area (Å²) >= 11 is 8.98. The van der Waals surface area contributed by atoms with Crippen LogP contribution >= 0.6 is 27.5 Å². The summed E-state index contributed by atoms with van der Waals surface area (Å²) in [5.74, 6) is 0. The average Bonchev–Trinajstić information content (AvgIpc) is 2.35. The minimum absolute atomic E-state index is 0.248. The van der Waals surface area contributed by atoms with E-state index < -0.39 is 0 Å². The Hall–Kier alpha value is -0.740. The maximum atomic E-state index is 11.0. The molecule has 62 valence electrons. The fourth-order valence-corrected chi connectivity index (χ4v) is 1.44. The zero-order valence-corrected chi connectivity index (χ0v) is 8.07. The fourth-order valence-electron chi connectivity index (χ4n) is 0.947. The Balaban J connectivity index is 2.97. The molecule has 0 amide bonds. The van der Waals surface area contributed by atoms with Crippen molar-refractivity contribution in [3.63, 3.8) is 0 Å².